The molecule has 0 radical (unpaired) electrons. The third-order valence-electron chi connectivity index (χ3n) is 12.3. The van der Waals surface area contributed by atoms with E-state index >= 15 is 0 Å². The summed E-state index contributed by atoms with van der Waals surface area (Å²) in [7, 11) is 0. The van der Waals surface area contributed by atoms with Crippen molar-refractivity contribution in [1.29, 1.82) is 0 Å². The summed E-state index contributed by atoms with van der Waals surface area (Å²) in [5.74, 6) is 1.67. The van der Waals surface area contributed by atoms with Gasteiger partial charge in [0.05, 0.1) is 11.0 Å². The average Bonchev–Trinajstić information content (AvgIpc) is 4.04. The van der Waals surface area contributed by atoms with Crippen LogP contribution in [0.5, 0.6) is 11.5 Å². The number of fused-ring (bicyclic) bond motifs is 10. The summed E-state index contributed by atoms with van der Waals surface area (Å²) in [5, 5.41) is 5.08. The Kier molecular flexibility index (Phi) is 5.85. The Morgan fingerprint density at radius 2 is 0.891 bits per heavy atom. The second-order valence-corrected chi connectivity index (χ2v) is 15.5. The Morgan fingerprint density at radius 1 is 0.473 bits per heavy atom. The maximum atomic E-state index is 5.93. The van der Waals surface area contributed by atoms with Crippen molar-refractivity contribution in [2.24, 2.45) is 0 Å². The van der Waals surface area contributed by atoms with Gasteiger partial charge in [-0.25, -0.2) is 0 Å². The van der Waals surface area contributed by atoms with Gasteiger partial charge < -0.3 is 28.1 Å². The first-order valence-electron chi connectivity index (χ1n) is 19.2. The van der Waals surface area contributed by atoms with E-state index < -0.39 is 0 Å². The van der Waals surface area contributed by atoms with Gasteiger partial charge in [0.2, 0.25) is 12.6 Å². The Bertz CT molecular complexity index is 2900. The minimum atomic E-state index is -0.135. The lowest BCUT2D eigenvalue weighted by Gasteiger charge is -2.33. The van der Waals surface area contributed by atoms with Crippen molar-refractivity contribution in [2.75, 3.05) is 0 Å². The smallest absolute Gasteiger partial charge is 0.252 e. The number of epoxide rings is 2. The molecule has 4 aliphatic rings. The van der Waals surface area contributed by atoms with E-state index in [4.69, 9.17) is 18.9 Å². The van der Waals surface area contributed by atoms with Crippen LogP contribution in [0.2, 0.25) is 0 Å². The molecule has 6 nitrogen and oxygen atoms in total. The number of para-hydroxylation sites is 2. The van der Waals surface area contributed by atoms with Crippen LogP contribution in [0.15, 0.2) is 140 Å². The first-order chi connectivity index (χ1) is 27.1. The van der Waals surface area contributed by atoms with E-state index in [1.165, 1.54) is 82.5 Å². The molecular formula is C48H33BN2O4. The maximum absolute atomic E-state index is 5.93. The average molecular weight is 713 g/mol. The zero-order chi connectivity index (χ0) is 36.1. The molecule has 7 heteroatoms. The zero-order valence-electron chi connectivity index (χ0n) is 30.2. The summed E-state index contributed by atoms with van der Waals surface area (Å²) in [4.78, 5) is 0. The van der Waals surface area contributed by atoms with Crippen LogP contribution in [0, 0.1) is 0 Å². The SMILES string of the molecule is CC1OC1Oc1ccc(-c2ccc3c(c2)c2cccc4c2n3-c2cccc3c2B4c2cccc4c5cc(-c6ccc(OC7OC7C)cc6)ccc5n-3c24)cc1. The summed E-state index contributed by atoms with van der Waals surface area (Å²) in [5.41, 5.74) is 16.3. The summed E-state index contributed by atoms with van der Waals surface area (Å²) in [6.07, 6.45) is 0.0460. The summed E-state index contributed by atoms with van der Waals surface area (Å²) in [6, 6.07) is 51.3. The number of rotatable bonds is 6. The maximum Gasteiger partial charge on any atom is 0.252 e. The molecule has 0 amide bonds. The lowest BCUT2D eigenvalue weighted by molar-refractivity contribution is 0.178. The van der Waals surface area contributed by atoms with Gasteiger partial charge in [-0.3, -0.25) is 0 Å². The molecule has 4 aliphatic heterocycles. The third-order valence-corrected chi connectivity index (χ3v) is 12.3. The molecule has 2 saturated heterocycles. The predicted octanol–water partition coefficient (Wildman–Crippen LogP) is 8.61. The first-order valence-corrected chi connectivity index (χ1v) is 19.2. The van der Waals surface area contributed by atoms with Crippen molar-refractivity contribution in [3.8, 4) is 45.1 Å². The molecule has 2 fully saturated rings. The fraction of sp³-hybridized carbons (Fsp3) is 0.125. The number of aromatic nitrogens is 2. The van der Waals surface area contributed by atoms with Crippen molar-refractivity contribution < 1.29 is 18.9 Å². The Labute approximate surface area is 317 Å². The molecule has 13 rings (SSSR count). The first kappa shape index (κ1) is 30.1. The van der Waals surface area contributed by atoms with E-state index in [1.807, 2.05) is 38.1 Å². The lowest BCUT2D eigenvalue weighted by atomic mass is 9.34. The van der Waals surface area contributed by atoms with Gasteiger partial charge in [0, 0.05) is 44.0 Å². The highest BCUT2D eigenvalue weighted by molar-refractivity contribution is 7.00. The van der Waals surface area contributed by atoms with Crippen molar-refractivity contribution >= 4 is 66.7 Å². The number of ether oxygens (including phenoxy) is 4. The van der Waals surface area contributed by atoms with Gasteiger partial charge in [-0.2, -0.15) is 0 Å². The van der Waals surface area contributed by atoms with Crippen LogP contribution in [0.1, 0.15) is 13.8 Å². The minimum absolute atomic E-state index is 0.114. The highest BCUT2D eigenvalue weighted by atomic mass is 16.8. The number of benzene rings is 7. The standard InChI is InChI=1S/C48H33BN2O4/c1-26-47(52-26)54-32-18-12-28(13-19-32)30-16-22-40-36(24-30)34-6-3-8-38-45(34)50(40)42-10-5-11-43-44(42)49(38)39-9-4-7-35-37-25-31(17-23-41(37)51(43)46(35)39)29-14-20-33(21-15-29)55-48-27(2)53-48/h3-27,47-48H,1-2H3. The van der Waals surface area contributed by atoms with E-state index in [0.29, 0.717) is 0 Å². The number of hydrogen-bond acceptors (Lipinski definition) is 4. The number of nitrogens with zero attached hydrogens (tertiary/aromatic N) is 2. The van der Waals surface area contributed by atoms with Crippen LogP contribution in [0.25, 0.3) is 77.2 Å². The topological polar surface area (TPSA) is 53.4 Å². The van der Waals surface area contributed by atoms with E-state index in [1.54, 1.807) is 0 Å². The molecule has 4 atom stereocenters. The van der Waals surface area contributed by atoms with Crippen molar-refractivity contribution in [3.63, 3.8) is 0 Å². The predicted molar refractivity (Wildman–Crippen MR) is 221 cm³/mol. The van der Waals surface area contributed by atoms with E-state index in [2.05, 4.69) is 124 Å². The van der Waals surface area contributed by atoms with Crippen LogP contribution >= 0.6 is 0 Å². The minimum Gasteiger partial charge on any atom is -0.462 e. The summed E-state index contributed by atoms with van der Waals surface area (Å²) in [6.45, 7) is 4.17. The van der Waals surface area contributed by atoms with E-state index in [-0.39, 0.29) is 31.5 Å². The third kappa shape index (κ3) is 4.22. The molecule has 4 unspecified atom stereocenters. The summed E-state index contributed by atoms with van der Waals surface area (Å²) >= 11 is 0. The monoisotopic (exact) mass is 712 g/mol. The van der Waals surface area contributed by atoms with Crippen LogP contribution in [0.4, 0.5) is 0 Å². The molecular weight excluding hydrogens is 679 g/mol. The highest BCUT2D eigenvalue weighted by Gasteiger charge is 2.41. The van der Waals surface area contributed by atoms with Gasteiger partial charge in [0.15, 0.2) is 0 Å². The number of hydrogen-bond donors (Lipinski definition) is 0. The van der Waals surface area contributed by atoms with Crippen LogP contribution < -0.4 is 25.9 Å². The fourth-order valence-corrected chi connectivity index (χ4v) is 9.52. The largest absolute Gasteiger partial charge is 0.462 e. The molecule has 0 N–H and O–H groups in total. The van der Waals surface area contributed by atoms with E-state index in [0.717, 1.165) is 22.6 Å². The van der Waals surface area contributed by atoms with Crippen LogP contribution in [0.3, 0.4) is 0 Å². The molecule has 0 spiro atoms. The molecule has 7 aromatic carbocycles. The summed E-state index contributed by atoms with van der Waals surface area (Å²) < 4.78 is 27.8. The highest BCUT2D eigenvalue weighted by Crippen LogP contribution is 2.41. The van der Waals surface area contributed by atoms with Crippen molar-refractivity contribution in [2.45, 2.75) is 38.6 Å². The second kappa shape index (κ2) is 10.7. The van der Waals surface area contributed by atoms with Gasteiger partial charge in [-0.1, -0.05) is 78.9 Å². The fourth-order valence-electron chi connectivity index (χ4n) is 9.52. The Balaban J connectivity index is 0.967. The van der Waals surface area contributed by atoms with Gasteiger partial charge >= 0.3 is 0 Å². The normalized spacial score (nSPS) is 20.0. The Hall–Kier alpha value is -6.28. The molecule has 0 aliphatic carbocycles. The molecule has 2 aromatic heterocycles. The molecule has 9 aromatic rings. The van der Waals surface area contributed by atoms with Gasteiger partial charge in [0.1, 0.15) is 23.7 Å². The molecule has 0 saturated carbocycles. The molecule has 262 valence electrons. The molecule has 6 heterocycles. The lowest BCUT2D eigenvalue weighted by Crippen LogP contribution is -2.59. The quantitative estimate of drug-likeness (QED) is 0.128. The van der Waals surface area contributed by atoms with Gasteiger partial charge in [-0.05, 0) is 113 Å². The van der Waals surface area contributed by atoms with Crippen LogP contribution in [-0.4, -0.2) is 40.6 Å². The Morgan fingerprint density at radius 3 is 1.33 bits per heavy atom. The molecule has 55 heavy (non-hydrogen) atoms. The molecule has 0 bridgehead atoms. The van der Waals surface area contributed by atoms with Gasteiger partial charge in [-0.15, -0.1) is 0 Å². The van der Waals surface area contributed by atoms with Crippen molar-refractivity contribution in [1.82, 2.24) is 9.13 Å². The van der Waals surface area contributed by atoms with Crippen LogP contribution in [-0.2, 0) is 9.47 Å². The zero-order valence-corrected chi connectivity index (χ0v) is 30.2. The van der Waals surface area contributed by atoms with E-state index in [9.17, 15) is 0 Å². The van der Waals surface area contributed by atoms with Crippen molar-refractivity contribution in [3.05, 3.63) is 140 Å². The second-order valence-electron chi connectivity index (χ2n) is 15.5. The van der Waals surface area contributed by atoms with Gasteiger partial charge in [0.25, 0.3) is 6.71 Å².